The number of hydrogen-bond donors (Lipinski definition) is 0. The van der Waals surface area contributed by atoms with E-state index in [2.05, 4.69) is 20.8 Å². The second kappa shape index (κ2) is 18.6. The quantitative estimate of drug-likeness (QED) is 0.116. The van der Waals surface area contributed by atoms with Gasteiger partial charge in [0.2, 0.25) is 0 Å². The number of esters is 4. The molecule has 0 spiro atoms. The van der Waals surface area contributed by atoms with Crippen LogP contribution in [0.2, 0.25) is 0 Å². The van der Waals surface area contributed by atoms with Crippen molar-refractivity contribution in [2.45, 2.75) is 78.3 Å². The molecule has 0 saturated carbocycles. The zero-order chi connectivity index (χ0) is 24.8. The summed E-state index contributed by atoms with van der Waals surface area (Å²) in [6, 6.07) is 0. The molecule has 5 unspecified atom stereocenters. The fourth-order valence-electron chi connectivity index (χ4n) is 2.78. The molecule has 5 atom stereocenters. The summed E-state index contributed by atoms with van der Waals surface area (Å²) in [7, 11) is -0.0563. The average molecular weight is 694 g/mol. The summed E-state index contributed by atoms with van der Waals surface area (Å²) in [4.78, 5) is 45.0. The standard InChI is InChI=1S/C14H20O9S.C6H15OP.Au/c1-6(15)19-5-10-11(20-7(2)16)12(21-8(3)17)13(14(24)23-10)22-9(4)18;1-4-7-8(5-2)6-3;/h10-14,24H,5H2,1-4H3;4-6H2,1-3H3;/q;;+1/p-1. The van der Waals surface area contributed by atoms with Gasteiger partial charge in [-0.05, 0) is 24.7 Å². The summed E-state index contributed by atoms with van der Waals surface area (Å²) < 4.78 is 31.1. The Kier molecular flexibility index (Phi) is 19.5. The molecule has 1 rings (SSSR count). The van der Waals surface area contributed by atoms with Gasteiger partial charge in [0.1, 0.15) is 18.8 Å². The van der Waals surface area contributed by atoms with E-state index >= 15 is 0 Å². The molecule has 13 heteroatoms. The molecule has 1 fully saturated rings. The Morgan fingerprint density at radius 3 is 1.61 bits per heavy atom. The van der Waals surface area contributed by atoms with Crippen LogP contribution < -0.4 is 0 Å². The Hall–Kier alpha value is -0.680. The van der Waals surface area contributed by atoms with Crippen LogP contribution in [0.1, 0.15) is 48.5 Å². The monoisotopic (exact) mass is 694 g/mol. The van der Waals surface area contributed by atoms with Crippen molar-refractivity contribution in [3.63, 3.8) is 0 Å². The Labute approximate surface area is 217 Å². The van der Waals surface area contributed by atoms with E-state index in [9.17, 15) is 19.2 Å². The molecular formula is C20H34AuO10PS. The van der Waals surface area contributed by atoms with Gasteiger partial charge in [-0.15, -0.1) is 0 Å². The van der Waals surface area contributed by atoms with E-state index in [4.69, 9.17) is 40.8 Å². The topological polar surface area (TPSA) is 124 Å². The second-order valence-corrected chi connectivity index (χ2v) is 9.55. The minimum atomic E-state index is -1.19. The molecule has 0 N–H and O–H groups in total. The van der Waals surface area contributed by atoms with Crippen molar-refractivity contribution in [3.05, 3.63) is 0 Å². The summed E-state index contributed by atoms with van der Waals surface area (Å²) in [6.45, 7) is 11.7. The van der Waals surface area contributed by atoms with Gasteiger partial charge in [0.15, 0.2) is 12.2 Å². The summed E-state index contributed by atoms with van der Waals surface area (Å²) in [5.74, 6) is -2.62. The Morgan fingerprint density at radius 1 is 0.788 bits per heavy atom. The van der Waals surface area contributed by atoms with Crippen LogP contribution >= 0.6 is 8.15 Å². The largest absolute Gasteiger partial charge is 1.00 e. The van der Waals surface area contributed by atoms with Crippen molar-refractivity contribution >= 4 is 44.7 Å². The zero-order valence-corrected chi connectivity index (χ0v) is 23.8. The number of carbonyl (C=O) groups excluding carboxylic acids is 4. The number of rotatable bonds is 9. The van der Waals surface area contributed by atoms with Crippen LogP contribution in [0.15, 0.2) is 0 Å². The summed E-state index contributed by atoms with van der Waals surface area (Å²) in [6.07, 6.45) is -2.06. The molecule has 0 aromatic rings. The van der Waals surface area contributed by atoms with Gasteiger partial charge in [-0.25, -0.2) is 0 Å². The van der Waals surface area contributed by atoms with E-state index in [1.807, 2.05) is 0 Å². The van der Waals surface area contributed by atoms with Crippen LogP contribution in [0.4, 0.5) is 0 Å². The van der Waals surface area contributed by atoms with E-state index in [1.54, 1.807) is 0 Å². The maximum absolute atomic E-state index is 11.4. The molecule has 0 aromatic heterocycles. The first-order valence-corrected chi connectivity index (χ1v) is 12.4. The number of hydrogen-bond acceptors (Lipinski definition) is 11. The van der Waals surface area contributed by atoms with Gasteiger partial charge in [0.05, 0.1) is 0 Å². The first-order chi connectivity index (χ1) is 15.0. The number of ether oxygens (including phenoxy) is 5. The fraction of sp³-hybridized carbons (Fsp3) is 0.800. The first-order valence-electron chi connectivity index (χ1n) is 10.3. The molecule has 0 amide bonds. The van der Waals surface area contributed by atoms with Crippen molar-refractivity contribution in [1.29, 1.82) is 0 Å². The number of carbonyl (C=O) groups is 4. The summed E-state index contributed by atoms with van der Waals surface area (Å²) in [5, 5.41) is 0. The molecule has 1 aliphatic heterocycles. The smallest absolute Gasteiger partial charge is 0.757 e. The van der Waals surface area contributed by atoms with Crippen molar-refractivity contribution in [1.82, 2.24) is 0 Å². The Bertz CT molecular complexity index is 620. The van der Waals surface area contributed by atoms with Crippen molar-refractivity contribution < 1.29 is 69.8 Å². The minimum absolute atomic E-state index is 0. The van der Waals surface area contributed by atoms with Crippen LogP contribution in [0.25, 0.3) is 0 Å². The third kappa shape index (κ3) is 14.3. The molecule has 0 aliphatic carbocycles. The molecule has 1 saturated heterocycles. The van der Waals surface area contributed by atoms with Gasteiger partial charge in [0, 0.05) is 42.5 Å². The van der Waals surface area contributed by atoms with Crippen LogP contribution in [0.5, 0.6) is 0 Å². The SMILES string of the molecule is CC(=O)OCC1OC([S-])C(OC(C)=O)C(OC(C)=O)C1OC(C)=O.CCOP(CC)CC.[Au+]. The molecule has 10 nitrogen and oxygen atoms in total. The molecule has 196 valence electrons. The molecule has 33 heavy (non-hydrogen) atoms. The van der Waals surface area contributed by atoms with E-state index in [0.29, 0.717) is 0 Å². The predicted octanol–water partition coefficient (Wildman–Crippen LogP) is 2.07. The maximum Gasteiger partial charge on any atom is 1.00 e. The van der Waals surface area contributed by atoms with E-state index in [0.717, 1.165) is 27.4 Å². The van der Waals surface area contributed by atoms with Gasteiger partial charge in [-0.3, -0.25) is 19.2 Å². The van der Waals surface area contributed by atoms with E-state index in [-0.39, 0.29) is 37.1 Å². The van der Waals surface area contributed by atoms with Gasteiger partial charge in [0.25, 0.3) is 0 Å². The molecule has 0 aromatic carbocycles. The fourth-order valence-corrected chi connectivity index (χ4v) is 4.31. The normalized spacial score (nSPS) is 23.8. The van der Waals surface area contributed by atoms with Crippen molar-refractivity contribution in [3.8, 4) is 0 Å². The van der Waals surface area contributed by atoms with Gasteiger partial charge < -0.3 is 40.8 Å². The van der Waals surface area contributed by atoms with Gasteiger partial charge in [-0.1, -0.05) is 13.8 Å². The molecule has 1 aliphatic rings. The molecule has 0 bridgehead atoms. The zero-order valence-electron chi connectivity index (χ0n) is 20.0. The average Bonchev–Trinajstić information content (AvgIpc) is 2.69. The first kappa shape index (κ1) is 34.5. The summed E-state index contributed by atoms with van der Waals surface area (Å²) >= 11 is 5.11. The molecule has 0 radical (unpaired) electrons. The third-order valence-electron chi connectivity index (χ3n) is 3.97. The van der Waals surface area contributed by atoms with Crippen molar-refractivity contribution in [2.24, 2.45) is 0 Å². The Balaban J connectivity index is 0. The van der Waals surface area contributed by atoms with Crippen LogP contribution in [0.3, 0.4) is 0 Å². The van der Waals surface area contributed by atoms with Gasteiger partial charge in [-0.2, -0.15) is 0 Å². The predicted molar refractivity (Wildman–Crippen MR) is 119 cm³/mol. The molecule has 1 heterocycles. The van der Waals surface area contributed by atoms with Crippen LogP contribution in [-0.4, -0.2) is 79.3 Å². The molecular weight excluding hydrogens is 660 g/mol. The minimum Gasteiger partial charge on any atom is -0.757 e. The van der Waals surface area contributed by atoms with E-state index in [1.165, 1.54) is 19.2 Å². The van der Waals surface area contributed by atoms with Crippen LogP contribution in [0, 0.1) is 0 Å². The second-order valence-electron chi connectivity index (χ2n) is 6.60. The summed E-state index contributed by atoms with van der Waals surface area (Å²) in [5.41, 5.74) is -1.09. The Morgan fingerprint density at radius 2 is 1.24 bits per heavy atom. The van der Waals surface area contributed by atoms with Crippen molar-refractivity contribution in [2.75, 3.05) is 25.5 Å². The third-order valence-corrected chi connectivity index (χ3v) is 6.38. The van der Waals surface area contributed by atoms with E-state index < -0.39 is 53.7 Å². The maximum atomic E-state index is 11.4. The van der Waals surface area contributed by atoms with Crippen LogP contribution in [-0.2, 0) is 82.4 Å². The van der Waals surface area contributed by atoms with Gasteiger partial charge >= 0.3 is 46.3 Å².